The van der Waals surface area contributed by atoms with Crippen LogP contribution in [-0.2, 0) is 6.42 Å². The highest BCUT2D eigenvalue weighted by Crippen LogP contribution is 2.26. The normalized spacial score (nSPS) is 10.3. The monoisotopic (exact) mass is 303 g/mol. The van der Waals surface area contributed by atoms with Gasteiger partial charge in [-0.3, -0.25) is 4.79 Å². The van der Waals surface area contributed by atoms with Gasteiger partial charge < -0.3 is 10.1 Å². The maximum absolute atomic E-state index is 12.5. The van der Waals surface area contributed by atoms with Gasteiger partial charge in [-0.1, -0.05) is 36.7 Å². The fraction of sp³-hybridized carbons (Fsp3) is 0.235. The smallest absolute Gasteiger partial charge is 0.259 e. The second-order valence-corrected chi connectivity index (χ2v) is 5.20. The molecule has 110 valence electrons. The molecule has 0 aliphatic carbocycles. The number of ether oxygens (including phenoxy) is 1. The number of nitrogens with one attached hydrogen (secondary N) is 1. The molecule has 0 radical (unpaired) electrons. The van der Waals surface area contributed by atoms with Crippen LogP contribution in [0.4, 0.5) is 5.69 Å². The maximum Gasteiger partial charge on any atom is 0.259 e. The molecule has 0 fully saturated rings. The number of rotatable bonds is 4. The van der Waals surface area contributed by atoms with Gasteiger partial charge in [-0.05, 0) is 42.7 Å². The van der Waals surface area contributed by atoms with Gasteiger partial charge in [0, 0.05) is 10.7 Å². The molecular weight excluding hydrogens is 286 g/mol. The molecule has 0 saturated carbocycles. The summed E-state index contributed by atoms with van der Waals surface area (Å²) in [6, 6.07) is 11.0. The average molecular weight is 304 g/mol. The summed E-state index contributed by atoms with van der Waals surface area (Å²) in [6.45, 7) is 4.04. The predicted molar refractivity (Wildman–Crippen MR) is 86.5 cm³/mol. The first-order valence-electron chi connectivity index (χ1n) is 6.80. The van der Waals surface area contributed by atoms with E-state index in [2.05, 4.69) is 12.2 Å². The van der Waals surface area contributed by atoms with E-state index in [1.54, 1.807) is 18.2 Å². The molecule has 0 spiro atoms. The molecule has 21 heavy (non-hydrogen) atoms. The number of aryl methyl sites for hydroxylation is 2. The fourth-order valence-corrected chi connectivity index (χ4v) is 2.41. The van der Waals surface area contributed by atoms with Crippen LogP contribution in [-0.4, -0.2) is 13.0 Å². The highest BCUT2D eigenvalue weighted by Gasteiger charge is 2.15. The van der Waals surface area contributed by atoms with Crippen LogP contribution in [0.25, 0.3) is 0 Å². The third-order valence-electron chi connectivity index (χ3n) is 3.38. The molecule has 2 aromatic rings. The number of halogens is 1. The average Bonchev–Trinajstić information content (AvgIpc) is 2.49. The van der Waals surface area contributed by atoms with E-state index in [0.717, 1.165) is 23.2 Å². The zero-order chi connectivity index (χ0) is 15.4. The van der Waals surface area contributed by atoms with E-state index in [0.29, 0.717) is 16.3 Å². The zero-order valence-electron chi connectivity index (χ0n) is 12.4. The van der Waals surface area contributed by atoms with Gasteiger partial charge in [-0.15, -0.1) is 0 Å². The molecule has 0 bridgehead atoms. The number of carbonyl (C=O) groups is 1. The van der Waals surface area contributed by atoms with Crippen molar-refractivity contribution < 1.29 is 9.53 Å². The van der Waals surface area contributed by atoms with Crippen LogP contribution >= 0.6 is 11.6 Å². The lowest BCUT2D eigenvalue weighted by molar-refractivity contribution is 0.102. The molecule has 2 rings (SSSR count). The summed E-state index contributed by atoms with van der Waals surface area (Å²) in [5, 5.41) is 3.47. The largest absolute Gasteiger partial charge is 0.496 e. The Morgan fingerprint density at radius 2 is 2.05 bits per heavy atom. The Balaban J connectivity index is 2.37. The number of amides is 1. The van der Waals surface area contributed by atoms with E-state index in [-0.39, 0.29) is 5.91 Å². The molecule has 0 atom stereocenters. The van der Waals surface area contributed by atoms with E-state index in [1.807, 2.05) is 25.1 Å². The number of anilines is 1. The van der Waals surface area contributed by atoms with Crippen molar-refractivity contribution in [2.24, 2.45) is 0 Å². The summed E-state index contributed by atoms with van der Waals surface area (Å²) < 4.78 is 5.23. The summed E-state index contributed by atoms with van der Waals surface area (Å²) >= 11 is 5.98. The van der Waals surface area contributed by atoms with Crippen molar-refractivity contribution in [2.45, 2.75) is 20.3 Å². The molecule has 0 aromatic heterocycles. The number of hydrogen-bond donors (Lipinski definition) is 1. The maximum atomic E-state index is 12.5. The van der Waals surface area contributed by atoms with E-state index in [1.165, 1.54) is 7.11 Å². The minimum absolute atomic E-state index is 0.224. The summed E-state index contributed by atoms with van der Waals surface area (Å²) in [7, 11) is 1.53. The van der Waals surface area contributed by atoms with Crippen molar-refractivity contribution in [3.8, 4) is 5.75 Å². The summed E-state index contributed by atoms with van der Waals surface area (Å²) in [6.07, 6.45) is 0.851. The van der Waals surface area contributed by atoms with Gasteiger partial charge in [0.2, 0.25) is 0 Å². The molecule has 0 unspecified atom stereocenters. The van der Waals surface area contributed by atoms with E-state index < -0.39 is 0 Å². The molecule has 0 saturated heterocycles. The van der Waals surface area contributed by atoms with Crippen molar-refractivity contribution >= 4 is 23.2 Å². The lowest BCUT2D eigenvalue weighted by Crippen LogP contribution is -2.15. The van der Waals surface area contributed by atoms with E-state index in [9.17, 15) is 4.79 Å². The lowest BCUT2D eigenvalue weighted by atomic mass is 10.1. The third kappa shape index (κ3) is 3.37. The highest BCUT2D eigenvalue weighted by atomic mass is 35.5. The van der Waals surface area contributed by atoms with Crippen molar-refractivity contribution in [3.05, 3.63) is 58.1 Å². The van der Waals surface area contributed by atoms with Crippen LogP contribution in [0.3, 0.4) is 0 Å². The SMILES string of the molecule is CCc1cccc(C)c1NC(=O)c1cc(Cl)ccc1OC. The fourth-order valence-electron chi connectivity index (χ4n) is 2.24. The number of hydrogen-bond acceptors (Lipinski definition) is 2. The van der Waals surface area contributed by atoms with Gasteiger partial charge >= 0.3 is 0 Å². The molecule has 0 aliphatic rings. The molecule has 3 nitrogen and oxygen atoms in total. The third-order valence-corrected chi connectivity index (χ3v) is 3.62. The minimum Gasteiger partial charge on any atom is -0.496 e. The predicted octanol–water partition coefficient (Wildman–Crippen LogP) is 4.47. The second kappa shape index (κ2) is 6.64. The standard InChI is InChI=1S/C17H18ClNO2/c1-4-12-7-5-6-11(2)16(12)19-17(20)14-10-13(18)8-9-15(14)21-3/h5-10H,4H2,1-3H3,(H,19,20). The quantitative estimate of drug-likeness (QED) is 0.905. The van der Waals surface area contributed by atoms with Gasteiger partial charge in [0.1, 0.15) is 5.75 Å². The number of benzene rings is 2. The lowest BCUT2D eigenvalue weighted by Gasteiger charge is -2.14. The molecule has 1 amide bonds. The summed E-state index contributed by atoms with van der Waals surface area (Å²) in [4.78, 5) is 12.5. The summed E-state index contributed by atoms with van der Waals surface area (Å²) in [5.74, 6) is 0.280. The first-order valence-corrected chi connectivity index (χ1v) is 7.18. The highest BCUT2D eigenvalue weighted by molar-refractivity contribution is 6.31. The molecular formula is C17H18ClNO2. The Labute approximate surface area is 129 Å². The molecule has 1 N–H and O–H groups in total. The second-order valence-electron chi connectivity index (χ2n) is 4.76. The van der Waals surface area contributed by atoms with E-state index >= 15 is 0 Å². The van der Waals surface area contributed by atoms with Gasteiger partial charge in [0.25, 0.3) is 5.91 Å². The van der Waals surface area contributed by atoms with E-state index in [4.69, 9.17) is 16.3 Å². The number of para-hydroxylation sites is 1. The van der Waals surface area contributed by atoms with Crippen LogP contribution in [0.5, 0.6) is 5.75 Å². The molecule has 0 heterocycles. The zero-order valence-corrected chi connectivity index (χ0v) is 13.1. The van der Waals surface area contributed by atoms with Crippen LogP contribution in [0.2, 0.25) is 5.02 Å². The Morgan fingerprint density at radius 3 is 2.71 bits per heavy atom. The van der Waals surface area contributed by atoms with Crippen molar-refractivity contribution in [2.75, 3.05) is 12.4 Å². The molecule has 2 aromatic carbocycles. The van der Waals surface area contributed by atoms with Crippen LogP contribution in [0, 0.1) is 6.92 Å². The molecule has 0 aliphatic heterocycles. The van der Waals surface area contributed by atoms with Crippen molar-refractivity contribution in [3.63, 3.8) is 0 Å². The number of carbonyl (C=O) groups excluding carboxylic acids is 1. The Hall–Kier alpha value is -2.00. The van der Waals surface area contributed by atoms with Crippen LogP contribution < -0.4 is 10.1 Å². The van der Waals surface area contributed by atoms with Crippen LogP contribution in [0.15, 0.2) is 36.4 Å². The first kappa shape index (κ1) is 15.4. The van der Waals surface area contributed by atoms with Gasteiger partial charge in [0.05, 0.1) is 12.7 Å². The number of methoxy groups -OCH3 is 1. The van der Waals surface area contributed by atoms with Gasteiger partial charge in [-0.25, -0.2) is 0 Å². The topological polar surface area (TPSA) is 38.3 Å². The van der Waals surface area contributed by atoms with Gasteiger partial charge in [0.15, 0.2) is 0 Å². The first-order chi connectivity index (χ1) is 10.1. The summed E-state index contributed by atoms with van der Waals surface area (Å²) in [5.41, 5.74) is 3.41. The Kier molecular flexibility index (Phi) is 4.86. The van der Waals surface area contributed by atoms with Crippen LogP contribution in [0.1, 0.15) is 28.4 Å². The van der Waals surface area contributed by atoms with Gasteiger partial charge in [-0.2, -0.15) is 0 Å². The minimum atomic E-state index is -0.224. The Morgan fingerprint density at radius 1 is 1.29 bits per heavy atom. The Bertz CT molecular complexity index is 668. The molecule has 4 heteroatoms. The van der Waals surface area contributed by atoms with Crippen molar-refractivity contribution in [1.82, 2.24) is 0 Å². The van der Waals surface area contributed by atoms with Crippen molar-refractivity contribution in [1.29, 1.82) is 0 Å².